The number of amides is 1. The van der Waals surface area contributed by atoms with Crippen LogP contribution in [0.15, 0.2) is 0 Å². The van der Waals surface area contributed by atoms with Gasteiger partial charge in [-0.15, -0.1) is 0 Å². The highest BCUT2D eigenvalue weighted by Crippen LogP contribution is 2.35. The van der Waals surface area contributed by atoms with Gasteiger partial charge in [-0.3, -0.25) is 4.79 Å². The maximum atomic E-state index is 12.9. The van der Waals surface area contributed by atoms with Gasteiger partial charge in [0.15, 0.2) is 0 Å². The van der Waals surface area contributed by atoms with Gasteiger partial charge in [0.2, 0.25) is 5.91 Å². The van der Waals surface area contributed by atoms with Crippen molar-refractivity contribution in [3.8, 4) is 0 Å². The van der Waals surface area contributed by atoms with Gasteiger partial charge in [0.05, 0.1) is 5.41 Å². The van der Waals surface area contributed by atoms with Gasteiger partial charge in [0.1, 0.15) is 0 Å². The summed E-state index contributed by atoms with van der Waals surface area (Å²) in [6.45, 7) is 2.74. The summed E-state index contributed by atoms with van der Waals surface area (Å²) in [5, 5.41) is 8.96. The number of hydrogen-bond acceptors (Lipinski definition) is 4. The van der Waals surface area contributed by atoms with Crippen LogP contribution in [0, 0.1) is 5.41 Å². The van der Waals surface area contributed by atoms with Gasteiger partial charge in [0.25, 0.3) is 0 Å². The maximum absolute atomic E-state index is 12.9. The molecule has 3 N–H and O–H groups in total. The number of aliphatic hydroxyl groups is 1. The van der Waals surface area contributed by atoms with E-state index in [9.17, 15) is 4.79 Å². The third-order valence-corrected chi connectivity index (χ3v) is 4.63. The molecule has 0 aromatic rings. The van der Waals surface area contributed by atoms with E-state index in [1.165, 1.54) is 0 Å². The van der Waals surface area contributed by atoms with Crippen LogP contribution in [0.2, 0.25) is 0 Å². The molecule has 0 saturated carbocycles. The van der Waals surface area contributed by atoms with Gasteiger partial charge in [-0.25, -0.2) is 0 Å². The molecule has 0 aromatic heterocycles. The minimum Gasteiger partial charge on any atom is -0.396 e. The first-order chi connectivity index (χ1) is 9.23. The van der Waals surface area contributed by atoms with Crippen molar-refractivity contribution in [1.82, 2.24) is 4.90 Å². The molecule has 2 aliphatic heterocycles. The summed E-state index contributed by atoms with van der Waals surface area (Å²) in [4.78, 5) is 14.9. The van der Waals surface area contributed by atoms with E-state index in [4.69, 9.17) is 15.6 Å². The summed E-state index contributed by atoms with van der Waals surface area (Å²) < 4.78 is 5.37. The van der Waals surface area contributed by atoms with Crippen LogP contribution in [0.25, 0.3) is 0 Å². The third kappa shape index (κ3) is 3.09. The first-order valence-corrected chi connectivity index (χ1v) is 7.43. The Morgan fingerprint density at radius 1 is 1.42 bits per heavy atom. The van der Waals surface area contributed by atoms with Crippen LogP contribution in [0.5, 0.6) is 0 Å². The largest absolute Gasteiger partial charge is 0.396 e. The molecule has 110 valence electrons. The minimum absolute atomic E-state index is 0.203. The van der Waals surface area contributed by atoms with Gasteiger partial charge in [0, 0.05) is 39.0 Å². The number of aliphatic hydroxyl groups excluding tert-OH is 1. The Hall–Kier alpha value is -0.650. The average Bonchev–Trinajstić information content (AvgIpc) is 2.93. The number of nitrogens with zero attached hydrogens (tertiary/aromatic N) is 1. The number of nitrogens with two attached hydrogens (primary N) is 1. The lowest BCUT2D eigenvalue weighted by atomic mass is 9.78. The SMILES string of the molecule is NCC1(C(=O)N2CCCC2CCCO)CCOCC1. The summed E-state index contributed by atoms with van der Waals surface area (Å²) in [5.41, 5.74) is 5.51. The molecule has 1 amide bonds. The predicted octanol–water partition coefficient (Wildman–Crippen LogP) is 0.505. The monoisotopic (exact) mass is 270 g/mol. The van der Waals surface area contributed by atoms with Crippen LogP contribution in [0.1, 0.15) is 38.5 Å². The normalized spacial score (nSPS) is 26.6. The smallest absolute Gasteiger partial charge is 0.230 e. The van der Waals surface area contributed by atoms with Crippen molar-refractivity contribution >= 4 is 5.91 Å². The molecule has 5 nitrogen and oxygen atoms in total. The lowest BCUT2D eigenvalue weighted by Crippen LogP contribution is -2.52. The second-order valence-corrected chi connectivity index (χ2v) is 5.76. The van der Waals surface area contributed by atoms with E-state index in [0.29, 0.717) is 25.8 Å². The van der Waals surface area contributed by atoms with Gasteiger partial charge < -0.3 is 20.5 Å². The van der Waals surface area contributed by atoms with Crippen LogP contribution in [-0.4, -0.2) is 54.9 Å². The fraction of sp³-hybridized carbons (Fsp3) is 0.929. The molecule has 2 heterocycles. The zero-order chi connectivity index (χ0) is 13.7. The highest BCUT2D eigenvalue weighted by molar-refractivity contribution is 5.83. The van der Waals surface area contributed by atoms with Crippen molar-refractivity contribution in [1.29, 1.82) is 0 Å². The third-order valence-electron chi connectivity index (χ3n) is 4.63. The maximum Gasteiger partial charge on any atom is 0.230 e. The van der Waals surface area contributed by atoms with E-state index in [0.717, 1.165) is 45.1 Å². The molecule has 0 aliphatic carbocycles. The molecule has 0 radical (unpaired) electrons. The van der Waals surface area contributed by atoms with Crippen LogP contribution in [-0.2, 0) is 9.53 Å². The van der Waals surface area contributed by atoms with Crippen molar-refractivity contribution in [2.45, 2.75) is 44.6 Å². The molecule has 0 spiro atoms. The average molecular weight is 270 g/mol. The highest BCUT2D eigenvalue weighted by Gasteiger charge is 2.44. The van der Waals surface area contributed by atoms with Crippen LogP contribution in [0.3, 0.4) is 0 Å². The van der Waals surface area contributed by atoms with Crippen molar-refractivity contribution in [2.75, 3.05) is 32.9 Å². The van der Waals surface area contributed by atoms with Gasteiger partial charge in [-0.1, -0.05) is 0 Å². The van der Waals surface area contributed by atoms with Gasteiger partial charge in [-0.05, 0) is 38.5 Å². The number of carbonyl (C=O) groups is 1. The molecule has 1 unspecified atom stereocenters. The molecule has 0 aromatic carbocycles. The molecular formula is C14H26N2O3. The van der Waals surface area contributed by atoms with E-state index >= 15 is 0 Å². The Bertz CT molecular complexity index is 303. The highest BCUT2D eigenvalue weighted by atomic mass is 16.5. The molecule has 0 bridgehead atoms. The number of ether oxygens (including phenoxy) is 1. The fourth-order valence-corrected chi connectivity index (χ4v) is 3.30. The fourth-order valence-electron chi connectivity index (χ4n) is 3.30. The molecule has 2 rings (SSSR count). The van der Waals surface area contributed by atoms with Gasteiger partial charge in [-0.2, -0.15) is 0 Å². The zero-order valence-electron chi connectivity index (χ0n) is 11.6. The molecular weight excluding hydrogens is 244 g/mol. The summed E-state index contributed by atoms with van der Waals surface area (Å²) in [6, 6.07) is 0.297. The minimum atomic E-state index is -0.403. The van der Waals surface area contributed by atoms with E-state index in [1.807, 2.05) is 4.90 Å². The lowest BCUT2D eigenvalue weighted by Gasteiger charge is -2.39. The molecule has 5 heteroatoms. The zero-order valence-corrected chi connectivity index (χ0v) is 11.6. The molecule has 2 fully saturated rings. The molecule has 2 saturated heterocycles. The number of hydrogen-bond donors (Lipinski definition) is 2. The lowest BCUT2D eigenvalue weighted by molar-refractivity contribution is -0.148. The standard InChI is InChI=1S/C14H26N2O3/c15-11-14(5-9-19-10-6-14)13(18)16-7-1-3-12(16)4-2-8-17/h12,17H,1-11,15H2. The van der Waals surface area contributed by atoms with E-state index in [2.05, 4.69) is 0 Å². The predicted molar refractivity (Wildman–Crippen MR) is 72.6 cm³/mol. The van der Waals surface area contributed by atoms with Gasteiger partial charge >= 0.3 is 0 Å². The number of carbonyl (C=O) groups excluding carboxylic acids is 1. The van der Waals surface area contributed by atoms with E-state index < -0.39 is 5.41 Å². The van der Waals surface area contributed by atoms with Crippen LogP contribution < -0.4 is 5.73 Å². The first kappa shape index (κ1) is 14.8. The first-order valence-electron chi connectivity index (χ1n) is 7.43. The Morgan fingerprint density at radius 3 is 2.79 bits per heavy atom. The molecule has 2 aliphatic rings. The van der Waals surface area contributed by atoms with Crippen LogP contribution in [0.4, 0.5) is 0 Å². The number of likely N-dealkylation sites (tertiary alicyclic amines) is 1. The van der Waals surface area contributed by atoms with E-state index in [1.54, 1.807) is 0 Å². The molecule has 19 heavy (non-hydrogen) atoms. The molecule has 1 atom stereocenters. The summed E-state index contributed by atoms with van der Waals surface area (Å²) >= 11 is 0. The Balaban J connectivity index is 2.03. The van der Waals surface area contributed by atoms with Crippen LogP contribution >= 0.6 is 0 Å². The summed E-state index contributed by atoms with van der Waals surface area (Å²) in [6.07, 6.45) is 5.28. The van der Waals surface area contributed by atoms with Crippen molar-refractivity contribution in [3.05, 3.63) is 0 Å². The quantitative estimate of drug-likeness (QED) is 0.763. The Morgan fingerprint density at radius 2 is 2.16 bits per heavy atom. The summed E-state index contributed by atoms with van der Waals surface area (Å²) in [7, 11) is 0. The van der Waals surface area contributed by atoms with Crippen molar-refractivity contribution in [3.63, 3.8) is 0 Å². The topological polar surface area (TPSA) is 75.8 Å². The second kappa shape index (κ2) is 6.68. The van der Waals surface area contributed by atoms with E-state index in [-0.39, 0.29) is 12.5 Å². The Labute approximate surface area is 115 Å². The number of rotatable bonds is 5. The second-order valence-electron chi connectivity index (χ2n) is 5.76. The van der Waals surface area contributed by atoms with Crippen molar-refractivity contribution < 1.29 is 14.6 Å². The van der Waals surface area contributed by atoms with Crippen molar-refractivity contribution in [2.24, 2.45) is 11.1 Å². The summed E-state index contributed by atoms with van der Waals surface area (Å²) in [5.74, 6) is 0.221. The Kier molecular flexibility index (Phi) is 5.19.